The van der Waals surface area contributed by atoms with Crippen molar-refractivity contribution in [1.29, 1.82) is 0 Å². The molecule has 0 unspecified atom stereocenters. The third-order valence-corrected chi connectivity index (χ3v) is 5.41. The first-order valence-corrected chi connectivity index (χ1v) is 10.7. The molecule has 0 saturated carbocycles. The molecule has 3 aromatic carbocycles. The summed E-state index contributed by atoms with van der Waals surface area (Å²) in [5.41, 5.74) is 5.52. The summed E-state index contributed by atoms with van der Waals surface area (Å²) in [6.07, 6.45) is 3.44. The molecule has 162 valence electrons. The fourth-order valence-corrected chi connectivity index (χ4v) is 3.56. The Hall–Kier alpha value is -3.57. The van der Waals surface area contributed by atoms with Crippen molar-refractivity contribution in [1.82, 2.24) is 9.78 Å². The van der Waals surface area contributed by atoms with Crippen molar-refractivity contribution in [2.45, 2.75) is 27.0 Å². The quantitative estimate of drug-likeness (QED) is 0.377. The summed E-state index contributed by atoms with van der Waals surface area (Å²) in [5.74, 6) is 0.725. The number of aromatic nitrogens is 2. The Morgan fingerprint density at radius 1 is 0.969 bits per heavy atom. The molecule has 0 atom stereocenters. The summed E-state index contributed by atoms with van der Waals surface area (Å²) in [7, 11) is 0. The first-order valence-electron chi connectivity index (χ1n) is 10.3. The van der Waals surface area contributed by atoms with E-state index in [-0.39, 0.29) is 5.91 Å². The molecular weight excluding hydrogens is 422 g/mol. The lowest BCUT2D eigenvalue weighted by atomic mass is 10.1. The van der Waals surface area contributed by atoms with Crippen LogP contribution in [0.15, 0.2) is 79.1 Å². The van der Waals surface area contributed by atoms with Crippen LogP contribution in [0.25, 0.3) is 0 Å². The third kappa shape index (κ3) is 5.37. The standard InChI is InChI=1S/C26H24ClN3O2/c1-18-4-3-5-19(2)25(18)32-17-21-6-10-22(11-7-21)26(31)29-24-14-28-30(16-24)15-20-8-12-23(27)13-9-20/h3-14,16H,15,17H2,1-2H3,(H,29,31). The van der Waals surface area contributed by atoms with Gasteiger partial charge in [-0.3, -0.25) is 9.48 Å². The topological polar surface area (TPSA) is 56.1 Å². The van der Waals surface area contributed by atoms with Crippen LogP contribution in [0, 0.1) is 13.8 Å². The fourth-order valence-electron chi connectivity index (χ4n) is 3.43. The van der Waals surface area contributed by atoms with Crippen molar-refractivity contribution in [3.8, 4) is 5.75 Å². The molecule has 0 spiro atoms. The van der Waals surface area contributed by atoms with E-state index in [0.29, 0.717) is 29.4 Å². The van der Waals surface area contributed by atoms with Crippen LogP contribution in [-0.2, 0) is 13.2 Å². The van der Waals surface area contributed by atoms with Gasteiger partial charge in [-0.1, -0.05) is 54.1 Å². The molecule has 0 radical (unpaired) electrons. The van der Waals surface area contributed by atoms with E-state index in [1.165, 1.54) is 0 Å². The normalized spacial score (nSPS) is 10.7. The number of anilines is 1. The monoisotopic (exact) mass is 445 g/mol. The number of amides is 1. The van der Waals surface area contributed by atoms with E-state index < -0.39 is 0 Å². The number of nitrogens with one attached hydrogen (secondary N) is 1. The molecule has 0 aliphatic carbocycles. The Balaban J connectivity index is 1.34. The Morgan fingerprint density at radius 3 is 2.31 bits per heavy atom. The summed E-state index contributed by atoms with van der Waals surface area (Å²) in [6, 6.07) is 21.1. The van der Waals surface area contributed by atoms with Crippen LogP contribution in [0.4, 0.5) is 5.69 Å². The SMILES string of the molecule is Cc1cccc(C)c1OCc1ccc(C(=O)Nc2cnn(Cc3ccc(Cl)cc3)c2)cc1. The molecule has 0 fully saturated rings. The van der Waals surface area contributed by atoms with Crippen molar-refractivity contribution >= 4 is 23.2 Å². The maximum atomic E-state index is 12.6. The van der Waals surface area contributed by atoms with Gasteiger partial charge in [0, 0.05) is 16.8 Å². The Kier molecular flexibility index (Phi) is 6.57. The minimum Gasteiger partial charge on any atom is -0.488 e. The van der Waals surface area contributed by atoms with Crippen LogP contribution in [0.3, 0.4) is 0 Å². The predicted octanol–water partition coefficient (Wildman–Crippen LogP) is 6.03. The summed E-state index contributed by atoms with van der Waals surface area (Å²) in [5, 5.41) is 7.90. The molecule has 0 aliphatic heterocycles. The van der Waals surface area contributed by atoms with Gasteiger partial charge in [0.2, 0.25) is 0 Å². The zero-order chi connectivity index (χ0) is 22.5. The van der Waals surface area contributed by atoms with Gasteiger partial charge in [-0.25, -0.2) is 0 Å². The maximum Gasteiger partial charge on any atom is 0.255 e. The highest BCUT2D eigenvalue weighted by Gasteiger charge is 2.09. The average Bonchev–Trinajstić information content (AvgIpc) is 3.22. The van der Waals surface area contributed by atoms with Crippen molar-refractivity contribution in [2.75, 3.05) is 5.32 Å². The van der Waals surface area contributed by atoms with Gasteiger partial charge in [0.15, 0.2) is 0 Å². The highest BCUT2D eigenvalue weighted by molar-refractivity contribution is 6.30. The van der Waals surface area contributed by atoms with Gasteiger partial charge in [-0.05, 0) is 60.4 Å². The first kappa shape index (κ1) is 21.7. The molecule has 6 heteroatoms. The molecule has 1 N–H and O–H groups in total. The second-order valence-electron chi connectivity index (χ2n) is 7.71. The van der Waals surface area contributed by atoms with Crippen LogP contribution in [0.5, 0.6) is 5.75 Å². The van der Waals surface area contributed by atoms with Gasteiger partial charge in [0.1, 0.15) is 12.4 Å². The lowest BCUT2D eigenvalue weighted by molar-refractivity contribution is 0.102. The maximum absolute atomic E-state index is 12.6. The number of hydrogen-bond acceptors (Lipinski definition) is 3. The van der Waals surface area contributed by atoms with Crippen LogP contribution in [0.2, 0.25) is 5.02 Å². The molecule has 5 nitrogen and oxygen atoms in total. The number of rotatable bonds is 7. The van der Waals surface area contributed by atoms with Crippen LogP contribution in [0.1, 0.15) is 32.6 Å². The van der Waals surface area contributed by atoms with E-state index in [1.807, 2.05) is 68.4 Å². The van der Waals surface area contributed by atoms with E-state index in [0.717, 1.165) is 28.0 Å². The molecule has 1 amide bonds. The van der Waals surface area contributed by atoms with Crippen molar-refractivity contribution in [3.63, 3.8) is 0 Å². The number of halogens is 1. The second-order valence-corrected chi connectivity index (χ2v) is 8.15. The Labute approximate surface area is 192 Å². The summed E-state index contributed by atoms with van der Waals surface area (Å²) in [4.78, 5) is 12.6. The highest BCUT2D eigenvalue weighted by atomic mass is 35.5. The van der Waals surface area contributed by atoms with Crippen molar-refractivity contribution in [3.05, 3.63) is 112 Å². The zero-order valence-electron chi connectivity index (χ0n) is 18.0. The first-order chi connectivity index (χ1) is 15.5. The predicted molar refractivity (Wildman–Crippen MR) is 127 cm³/mol. The molecule has 1 heterocycles. The molecule has 4 aromatic rings. The molecule has 32 heavy (non-hydrogen) atoms. The fraction of sp³-hybridized carbons (Fsp3) is 0.154. The van der Waals surface area contributed by atoms with E-state index in [9.17, 15) is 4.79 Å². The van der Waals surface area contributed by atoms with Crippen molar-refractivity contribution < 1.29 is 9.53 Å². The van der Waals surface area contributed by atoms with Crippen LogP contribution >= 0.6 is 11.6 Å². The molecular formula is C26H24ClN3O2. The number of carbonyl (C=O) groups is 1. The molecule has 0 bridgehead atoms. The van der Waals surface area contributed by atoms with Gasteiger partial charge in [0.05, 0.1) is 18.4 Å². The van der Waals surface area contributed by atoms with E-state index in [2.05, 4.69) is 10.4 Å². The minimum absolute atomic E-state index is 0.182. The van der Waals surface area contributed by atoms with Crippen molar-refractivity contribution in [2.24, 2.45) is 0 Å². The zero-order valence-corrected chi connectivity index (χ0v) is 18.8. The Morgan fingerprint density at radius 2 is 1.62 bits per heavy atom. The summed E-state index contributed by atoms with van der Waals surface area (Å²) < 4.78 is 7.76. The summed E-state index contributed by atoms with van der Waals surface area (Å²) >= 11 is 5.93. The smallest absolute Gasteiger partial charge is 0.255 e. The van der Waals surface area contributed by atoms with Gasteiger partial charge in [-0.15, -0.1) is 0 Å². The number of benzene rings is 3. The van der Waals surface area contributed by atoms with Crippen LogP contribution < -0.4 is 10.1 Å². The van der Waals surface area contributed by atoms with Gasteiger partial charge in [-0.2, -0.15) is 5.10 Å². The van der Waals surface area contributed by atoms with E-state index >= 15 is 0 Å². The lowest BCUT2D eigenvalue weighted by Crippen LogP contribution is -2.11. The molecule has 0 aliphatic rings. The number of hydrogen-bond donors (Lipinski definition) is 1. The highest BCUT2D eigenvalue weighted by Crippen LogP contribution is 2.23. The lowest BCUT2D eigenvalue weighted by Gasteiger charge is -2.12. The summed E-state index contributed by atoms with van der Waals surface area (Å²) in [6.45, 7) is 5.12. The van der Waals surface area contributed by atoms with E-state index in [4.69, 9.17) is 16.3 Å². The molecule has 0 saturated heterocycles. The Bertz CT molecular complexity index is 1190. The van der Waals surface area contributed by atoms with E-state index in [1.54, 1.807) is 29.2 Å². The number of aryl methyl sites for hydroxylation is 2. The number of ether oxygens (including phenoxy) is 1. The largest absolute Gasteiger partial charge is 0.488 e. The molecule has 4 rings (SSSR count). The number of nitrogens with zero attached hydrogens (tertiary/aromatic N) is 2. The van der Waals surface area contributed by atoms with Gasteiger partial charge >= 0.3 is 0 Å². The van der Waals surface area contributed by atoms with Crippen LogP contribution in [-0.4, -0.2) is 15.7 Å². The molecule has 1 aromatic heterocycles. The van der Waals surface area contributed by atoms with Gasteiger partial charge in [0.25, 0.3) is 5.91 Å². The third-order valence-electron chi connectivity index (χ3n) is 5.16. The number of carbonyl (C=O) groups excluding carboxylic acids is 1. The minimum atomic E-state index is -0.182. The van der Waals surface area contributed by atoms with Gasteiger partial charge < -0.3 is 10.1 Å². The second kappa shape index (κ2) is 9.71. The average molecular weight is 446 g/mol. The number of para-hydroxylation sites is 1.